The number of amides is 1. The second-order valence-electron chi connectivity index (χ2n) is 6.65. The largest absolute Gasteiger partial charge is 0.481 e. The van der Waals surface area contributed by atoms with Crippen LogP contribution >= 0.6 is 0 Å². The smallest absolute Gasteiger partial charge is 0.263 e. The first kappa shape index (κ1) is 15.3. The molecule has 22 heavy (non-hydrogen) atoms. The lowest BCUT2D eigenvalue weighted by atomic mass is 10.1. The van der Waals surface area contributed by atoms with E-state index in [0.29, 0.717) is 6.04 Å². The van der Waals surface area contributed by atoms with Gasteiger partial charge in [0.15, 0.2) is 6.10 Å². The van der Waals surface area contributed by atoms with E-state index in [1.165, 1.54) is 24.9 Å². The molecule has 0 saturated carbocycles. The molecule has 2 aliphatic rings. The molecule has 0 bridgehead atoms. The van der Waals surface area contributed by atoms with Gasteiger partial charge in [0, 0.05) is 25.7 Å². The third-order valence-electron chi connectivity index (χ3n) is 4.88. The highest BCUT2D eigenvalue weighted by Gasteiger charge is 2.34. The van der Waals surface area contributed by atoms with Gasteiger partial charge < -0.3 is 9.64 Å². The van der Waals surface area contributed by atoms with E-state index < -0.39 is 6.10 Å². The van der Waals surface area contributed by atoms with Crippen LogP contribution in [0.3, 0.4) is 0 Å². The van der Waals surface area contributed by atoms with Crippen LogP contribution in [0.15, 0.2) is 18.2 Å². The van der Waals surface area contributed by atoms with E-state index in [1.807, 2.05) is 30.9 Å². The molecule has 2 aliphatic heterocycles. The number of hydrogen-bond donors (Lipinski definition) is 0. The van der Waals surface area contributed by atoms with Crippen molar-refractivity contribution in [2.45, 2.75) is 45.8 Å². The van der Waals surface area contributed by atoms with Crippen molar-refractivity contribution in [2.75, 3.05) is 26.2 Å². The zero-order chi connectivity index (χ0) is 15.7. The van der Waals surface area contributed by atoms with Gasteiger partial charge in [-0.1, -0.05) is 17.7 Å². The van der Waals surface area contributed by atoms with Crippen molar-refractivity contribution < 1.29 is 9.53 Å². The first-order chi connectivity index (χ1) is 10.5. The Bertz CT molecular complexity index is 558. The lowest BCUT2D eigenvalue weighted by Crippen LogP contribution is -2.54. The number of hydrogen-bond acceptors (Lipinski definition) is 3. The Morgan fingerprint density at radius 2 is 2.09 bits per heavy atom. The Labute approximate surface area is 133 Å². The van der Waals surface area contributed by atoms with E-state index in [-0.39, 0.29) is 5.91 Å². The summed E-state index contributed by atoms with van der Waals surface area (Å²) >= 11 is 0. The summed E-state index contributed by atoms with van der Waals surface area (Å²) in [4.78, 5) is 17.2. The monoisotopic (exact) mass is 302 g/mol. The third-order valence-corrected chi connectivity index (χ3v) is 4.88. The van der Waals surface area contributed by atoms with Crippen molar-refractivity contribution in [1.82, 2.24) is 9.80 Å². The van der Waals surface area contributed by atoms with Crippen LogP contribution in [0, 0.1) is 13.8 Å². The second kappa shape index (κ2) is 6.29. The normalized spacial score (nSPS) is 23.2. The van der Waals surface area contributed by atoms with Gasteiger partial charge in [-0.25, -0.2) is 0 Å². The van der Waals surface area contributed by atoms with E-state index in [4.69, 9.17) is 4.74 Å². The molecule has 2 fully saturated rings. The Kier molecular flexibility index (Phi) is 4.39. The van der Waals surface area contributed by atoms with E-state index >= 15 is 0 Å². The molecule has 0 aliphatic carbocycles. The van der Waals surface area contributed by atoms with Crippen molar-refractivity contribution in [1.29, 1.82) is 0 Å². The summed E-state index contributed by atoms with van der Waals surface area (Å²) in [5.74, 6) is 0.928. The summed E-state index contributed by atoms with van der Waals surface area (Å²) in [7, 11) is 0. The van der Waals surface area contributed by atoms with Gasteiger partial charge in [-0.05, 0) is 51.8 Å². The van der Waals surface area contributed by atoms with Gasteiger partial charge >= 0.3 is 0 Å². The van der Waals surface area contributed by atoms with Crippen LogP contribution in [-0.2, 0) is 4.79 Å². The molecule has 0 spiro atoms. The fourth-order valence-corrected chi connectivity index (χ4v) is 3.62. The molecule has 4 nitrogen and oxygen atoms in total. The fraction of sp³-hybridized carbons (Fsp3) is 0.611. The molecule has 2 atom stereocenters. The quantitative estimate of drug-likeness (QED) is 0.859. The molecule has 0 radical (unpaired) electrons. The van der Waals surface area contributed by atoms with Crippen LogP contribution in [0.4, 0.5) is 0 Å². The number of fused-ring (bicyclic) bond motifs is 1. The number of piperazine rings is 1. The average molecular weight is 302 g/mol. The van der Waals surface area contributed by atoms with Crippen molar-refractivity contribution in [3.05, 3.63) is 29.3 Å². The summed E-state index contributed by atoms with van der Waals surface area (Å²) in [5.41, 5.74) is 2.29. The summed E-state index contributed by atoms with van der Waals surface area (Å²) < 4.78 is 5.92. The number of carbonyl (C=O) groups excluding carboxylic acids is 1. The van der Waals surface area contributed by atoms with Crippen molar-refractivity contribution in [2.24, 2.45) is 0 Å². The van der Waals surface area contributed by atoms with Crippen LogP contribution in [0.25, 0.3) is 0 Å². The molecule has 0 unspecified atom stereocenters. The van der Waals surface area contributed by atoms with Gasteiger partial charge in [0.05, 0.1) is 0 Å². The van der Waals surface area contributed by atoms with Crippen molar-refractivity contribution in [3.8, 4) is 5.75 Å². The number of nitrogens with zero attached hydrogens (tertiary/aromatic N) is 2. The van der Waals surface area contributed by atoms with Gasteiger partial charge in [0.1, 0.15) is 5.75 Å². The standard InChI is InChI=1S/C18H26N2O2/c1-13-6-7-17(14(2)11-13)22-15(3)18(21)20-10-9-19-8-4-5-16(19)12-20/h6-7,11,15-16H,4-5,8-10,12H2,1-3H3/t15-,16-/m1/s1. The lowest BCUT2D eigenvalue weighted by Gasteiger charge is -2.38. The minimum absolute atomic E-state index is 0.117. The van der Waals surface area contributed by atoms with E-state index in [0.717, 1.165) is 30.9 Å². The first-order valence-corrected chi connectivity index (χ1v) is 8.31. The van der Waals surface area contributed by atoms with E-state index in [1.54, 1.807) is 0 Å². The fourth-order valence-electron chi connectivity index (χ4n) is 3.62. The van der Waals surface area contributed by atoms with E-state index in [9.17, 15) is 4.79 Å². The SMILES string of the molecule is Cc1ccc(O[C@H](C)C(=O)N2CCN3CCC[C@@H]3C2)c(C)c1. The zero-order valence-corrected chi connectivity index (χ0v) is 13.8. The van der Waals surface area contributed by atoms with Crippen molar-refractivity contribution >= 4 is 5.91 Å². The molecule has 1 aromatic rings. The Balaban J connectivity index is 1.62. The lowest BCUT2D eigenvalue weighted by molar-refractivity contribution is -0.140. The number of carbonyl (C=O) groups is 1. The third kappa shape index (κ3) is 3.12. The summed E-state index contributed by atoms with van der Waals surface area (Å²) in [6.07, 6.45) is 2.06. The van der Waals surface area contributed by atoms with Crippen LogP contribution in [0.2, 0.25) is 0 Å². The number of ether oxygens (including phenoxy) is 1. The summed E-state index contributed by atoms with van der Waals surface area (Å²) in [6, 6.07) is 6.63. The molecule has 1 amide bonds. The van der Waals surface area contributed by atoms with Gasteiger partial charge in [-0.15, -0.1) is 0 Å². The minimum atomic E-state index is -0.422. The molecule has 4 heteroatoms. The Morgan fingerprint density at radius 1 is 1.27 bits per heavy atom. The molecule has 120 valence electrons. The van der Waals surface area contributed by atoms with Gasteiger partial charge in [0.25, 0.3) is 5.91 Å². The molecule has 0 aromatic heterocycles. The minimum Gasteiger partial charge on any atom is -0.481 e. The highest BCUT2D eigenvalue weighted by Crippen LogP contribution is 2.23. The zero-order valence-electron chi connectivity index (χ0n) is 13.8. The first-order valence-electron chi connectivity index (χ1n) is 8.31. The van der Waals surface area contributed by atoms with Crippen LogP contribution < -0.4 is 4.74 Å². The molecular weight excluding hydrogens is 276 g/mol. The maximum Gasteiger partial charge on any atom is 0.263 e. The number of aryl methyl sites for hydroxylation is 2. The molecular formula is C18H26N2O2. The maximum atomic E-state index is 12.7. The maximum absolute atomic E-state index is 12.7. The van der Waals surface area contributed by atoms with E-state index in [2.05, 4.69) is 17.9 Å². The predicted molar refractivity (Wildman–Crippen MR) is 87.2 cm³/mol. The molecule has 2 saturated heterocycles. The van der Waals surface area contributed by atoms with Gasteiger partial charge in [-0.3, -0.25) is 9.69 Å². The van der Waals surface area contributed by atoms with Gasteiger partial charge in [-0.2, -0.15) is 0 Å². The van der Waals surface area contributed by atoms with Gasteiger partial charge in [0.2, 0.25) is 0 Å². The Hall–Kier alpha value is -1.55. The second-order valence-corrected chi connectivity index (χ2v) is 6.65. The molecule has 1 aromatic carbocycles. The molecule has 3 rings (SSSR count). The van der Waals surface area contributed by atoms with Crippen LogP contribution in [-0.4, -0.2) is 54.0 Å². The predicted octanol–water partition coefficient (Wildman–Crippen LogP) is 2.38. The average Bonchev–Trinajstić information content (AvgIpc) is 2.96. The van der Waals surface area contributed by atoms with Crippen LogP contribution in [0.1, 0.15) is 30.9 Å². The highest BCUT2D eigenvalue weighted by molar-refractivity contribution is 5.81. The highest BCUT2D eigenvalue weighted by atomic mass is 16.5. The number of benzene rings is 1. The molecule has 2 heterocycles. The van der Waals surface area contributed by atoms with Crippen LogP contribution in [0.5, 0.6) is 5.75 Å². The molecule has 0 N–H and O–H groups in total. The summed E-state index contributed by atoms with van der Waals surface area (Å²) in [5, 5.41) is 0. The van der Waals surface area contributed by atoms with Crippen molar-refractivity contribution in [3.63, 3.8) is 0 Å². The topological polar surface area (TPSA) is 32.8 Å². The summed E-state index contributed by atoms with van der Waals surface area (Å²) in [6.45, 7) is 9.84. The Morgan fingerprint density at radius 3 is 2.86 bits per heavy atom. The number of rotatable bonds is 3.